The van der Waals surface area contributed by atoms with E-state index in [9.17, 15) is 18.0 Å². The number of H-pyrrole nitrogens is 1. The monoisotopic (exact) mass is 378 g/mol. The third-order valence-electron chi connectivity index (χ3n) is 4.85. The summed E-state index contributed by atoms with van der Waals surface area (Å²) in [6.07, 6.45) is -1.37. The van der Waals surface area contributed by atoms with Crippen LogP contribution in [0.3, 0.4) is 0 Å². The minimum absolute atomic E-state index is 0.0535. The van der Waals surface area contributed by atoms with Crippen molar-refractivity contribution in [2.75, 3.05) is 31.1 Å². The van der Waals surface area contributed by atoms with Crippen LogP contribution < -0.4 is 20.1 Å². The zero-order chi connectivity index (χ0) is 18.2. The van der Waals surface area contributed by atoms with Crippen molar-refractivity contribution in [3.63, 3.8) is 0 Å². The quantitative estimate of drug-likeness (QED) is 0.803. The highest BCUT2D eigenvalue weighted by Gasteiger charge is 2.37. The van der Waals surface area contributed by atoms with E-state index in [1.54, 1.807) is 0 Å². The highest BCUT2D eigenvalue weighted by molar-refractivity contribution is 6.32. The topological polar surface area (TPSA) is 50.9 Å². The third-order valence-corrected chi connectivity index (χ3v) is 5.14. The molecule has 0 spiro atoms. The van der Waals surface area contributed by atoms with E-state index in [0.29, 0.717) is 24.9 Å². The lowest BCUT2D eigenvalue weighted by Gasteiger charge is -2.31. The van der Waals surface area contributed by atoms with Gasteiger partial charge in [0.05, 0.1) is 5.56 Å². The van der Waals surface area contributed by atoms with Crippen molar-refractivity contribution in [1.82, 2.24) is 5.32 Å². The number of alkyl halides is 3. The molecule has 138 valence electrons. The first-order valence-corrected chi connectivity index (χ1v) is 8.82. The van der Waals surface area contributed by atoms with Crippen LogP contribution in [0.25, 0.3) is 0 Å². The number of piperazine rings is 1. The number of carbonyl (C=O) groups excluding carboxylic acids is 1. The molecular formula is C16H22ClF3N4O+2. The second kappa shape index (κ2) is 6.99. The molecule has 1 aromatic rings. The van der Waals surface area contributed by atoms with Gasteiger partial charge in [-0.1, -0.05) is 11.6 Å². The molecule has 0 bridgehead atoms. The van der Waals surface area contributed by atoms with Crippen LogP contribution in [-0.2, 0) is 11.0 Å². The Kier molecular flexibility index (Phi) is 5.11. The molecule has 0 radical (unpaired) electrons. The van der Waals surface area contributed by atoms with Crippen LogP contribution in [0.5, 0.6) is 0 Å². The number of pyridine rings is 1. The standard InChI is InChI=1S/C16H20ClF3N4O/c1-10(15(25)22-12-2-3-12)23-4-6-24(7-5-23)14-13(17)8-11(9-21-14)16(18,19)20/h8-10,12H,2-7H2,1H3,(H,22,25)/p+2/t10-/m0/s1. The van der Waals surface area contributed by atoms with E-state index in [1.165, 1.54) is 4.90 Å². The van der Waals surface area contributed by atoms with Crippen LogP contribution in [0.4, 0.5) is 19.0 Å². The van der Waals surface area contributed by atoms with E-state index in [1.807, 2.05) is 11.8 Å². The van der Waals surface area contributed by atoms with Gasteiger partial charge >= 0.3 is 6.18 Å². The smallest absolute Gasteiger partial charge is 0.348 e. The number of rotatable bonds is 4. The molecule has 2 aliphatic rings. The Morgan fingerprint density at radius 3 is 2.56 bits per heavy atom. The number of anilines is 1. The lowest BCUT2D eigenvalue weighted by molar-refractivity contribution is -0.914. The number of aromatic nitrogens is 1. The summed E-state index contributed by atoms with van der Waals surface area (Å²) in [5.74, 6) is 0.564. The van der Waals surface area contributed by atoms with Crippen molar-refractivity contribution < 1.29 is 27.8 Å². The summed E-state index contributed by atoms with van der Waals surface area (Å²) < 4.78 is 38.2. The van der Waals surface area contributed by atoms with Crippen molar-refractivity contribution in [2.45, 2.75) is 38.0 Å². The Labute approximate surface area is 149 Å². The fourth-order valence-corrected chi connectivity index (χ4v) is 3.35. The Bertz CT molecular complexity index is 643. The van der Waals surface area contributed by atoms with Gasteiger partial charge in [-0.05, 0) is 25.8 Å². The number of halogens is 4. The number of amides is 1. The number of hydrogen-bond donors (Lipinski definition) is 2. The van der Waals surface area contributed by atoms with Crippen molar-refractivity contribution in [2.24, 2.45) is 0 Å². The van der Waals surface area contributed by atoms with Gasteiger partial charge in [0.15, 0.2) is 6.04 Å². The first-order chi connectivity index (χ1) is 11.8. The minimum atomic E-state index is -4.42. The summed E-state index contributed by atoms with van der Waals surface area (Å²) in [5, 5.41) is 3.07. The Balaban J connectivity index is 1.59. The maximum Gasteiger partial charge on any atom is 0.419 e. The van der Waals surface area contributed by atoms with E-state index in [0.717, 1.165) is 38.2 Å². The molecule has 1 saturated heterocycles. The van der Waals surface area contributed by atoms with Crippen molar-refractivity contribution in [3.8, 4) is 0 Å². The number of aromatic amines is 1. The Morgan fingerprint density at radius 2 is 2.04 bits per heavy atom. The largest absolute Gasteiger partial charge is 0.419 e. The molecule has 1 aromatic heterocycles. The Morgan fingerprint density at radius 1 is 1.40 bits per heavy atom. The molecule has 9 heteroatoms. The van der Waals surface area contributed by atoms with Crippen LogP contribution in [-0.4, -0.2) is 44.2 Å². The number of hydrogen-bond acceptors (Lipinski definition) is 2. The summed E-state index contributed by atoms with van der Waals surface area (Å²) in [7, 11) is 0. The van der Waals surface area contributed by atoms with Gasteiger partial charge in [-0.25, -0.2) is 9.88 Å². The van der Waals surface area contributed by atoms with Crippen molar-refractivity contribution in [1.29, 1.82) is 0 Å². The first-order valence-electron chi connectivity index (χ1n) is 8.44. The second-order valence-corrected chi connectivity index (χ2v) is 7.14. The number of quaternary nitrogens is 1. The van der Waals surface area contributed by atoms with Gasteiger partial charge in [-0.15, -0.1) is 0 Å². The molecule has 1 atom stereocenters. The molecule has 0 unspecified atom stereocenters. The zero-order valence-corrected chi connectivity index (χ0v) is 14.7. The van der Waals surface area contributed by atoms with Gasteiger partial charge in [0.2, 0.25) is 0 Å². The summed E-state index contributed by atoms with van der Waals surface area (Å²) in [6, 6.07) is 1.16. The number of nitrogens with one attached hydrogen (secondary N) is 3. The molecule has 1 aliphatic heterocycles. The van der Waals surface area contributed by atoms with Crippen LogP contribution >= 0.6 is 11.6 Å². The highest BCUT2D eigenvalue weighted by Crippen LogP contribution is 2.32. The van der Waals surface area contributed by atoms with Gasteiger partial charge in [0.25, 0.3) is 11.7 Å². The first kappa shape index (κ1) is 18.3. The molecular weight excluding hydrogens is 357 g/mol. The predicted molar refractivity (Wildman–Crippen MR) is 86.5 cm³/mol. The normalized spacial score (nSPS) is 20.4. The average Bonchev–Trinajstić information content (AvgIpc) is 3.37. The van der Waals surface area contributed by atoms with E-state index >= 15 is 0 Å². The summed E-state index contributed by atoms with van der Waals surface area (Å²) in [4.78, 5) is 17.9. The molecule has 2 heterocycles. The van der Waals surface area contributed by atoms with Crippen LogP contribution in [0.15, 0.2) is 12.3 Å². The SMILES string of the molecule is C[C@@H](C(=O)NC1CC1)[NH+]1CCN(c2[nH+]cc(C(F)(F)F)cc2Cl)CC1. The fourth-order valence-electron chi connectivity index (χ4n) is 3.06. The fraction of sp³-hybridized carbons (Fsp3) is 0.625. The van der Waals surface area contributed by atoms with E-state index in [2.05, 4.69) is 10.3 Å². The second-order valence-electron chi connectivity index (χ2n) is 6.73. The number of carbonyl (C=O) groups is 1. The van der Waals surface area contributed by atoms with Gasteiger partial charge in [-0.3, -0.25) is 4.79 Å². The van der Waals surface area contributed by atoms with Gasteiger partial charge in [-0.2, -0.15) is 13.2 Å². The van der Waals surface area contributed by atoms with Crippen molar-refractivity contribution >= 4 is 23.3 Å². The molecule has 1 aliphatic carbocycles. The molecule has 3 N–H and O–H groups in total. The zero-order valence-electron chi connectivity index (χ0n) is 13.9. The average molecular weight is 379 g/mol. The maximum absolute atomic E-state index is 12.7. The lowest BCUT2D eigenvalue weighted by atomic mass is 10.2. The van der Waals surface area contributed by atoms with E-state index in [4.69, 9.17) is 11.6 Å². The van der Waals surface area contributed by atoms with Gasteiger partial charge in [0.1, 0.15) is 37.4 Å². The molecule has 3 rings (SSSR count). The summed E-state index contributed by atoms with van der Waals surface area (Å²) >= 11 is 6.04. The summed E-state index contributed by atoms with van der Waals surface area (Å²) in [6.45, 7) is 4.62. The van der Waals surface area contributed by atoms with Crippen LogP contribution in [0.2, 0.25) is 5.02 Å². The minimum Gasteiger partial charge on any atom is -0.348 e. The van der Waals surface area contributed by atoms with Gasteiger partial charge < -0.3 is 10.2 Å². The van der Waals surface area contributed by atoms with Crippen LogP contribution in [0.1, 0.15) is 25.3 Å². The molecule has 5 nitrogen and oxygen atoms in total. The van der Waals surface area contributed by atoms with Crippen LogP contribution in [0, 0.1) is 0 Å². The molecule has 0 aromatic carbocycles. The number of nitrogens with zero attached hydrogens (tertiary/aromatic N) is 1. The molecule has 25 heavy (non-hydrogen) atoms. The Hall–Kier alpha value is -1.54. The molecule has 2 fully saturated rings. The predicted octanol–water partition coefficient (Wildman–Crippen LogP) is 0.545. The van der Waals surface area contributed by atoms with E-state index in [-0.39, 0.29) is 17.0 Å². The van der Waals surface area contributed by atoms with E-state index < -0.39 is 11.7 Å². The lowest BCUT2D eigenvalue weighted by Crippen LogP contribution is -3.19. The van der Waals surface area contributed by atoms with Gasteiger partial charge in [0, 0.05) is 6.04 Å². The maximum atomic E-state index is 12.7. The van der Waals surface area contributed by atoms with Crippen molar-refractivity contribution in [3.05, 3.63) is 22.8 Å². The molecule has 1 amide bonds. The molecule has 1 saturated carbocycles. The highest BCUT2D eigenvalue weighted by atomic mass is 35.5. The summed E-state index contributed by atoms with van der Waals surface area (Å²) in [5.41, 5.74) is -0.795. The third kappa shape index (κ3) is 4.36.